The van der Waals surface area contributed by atoms with Crippen molar-refractivity contribution in [1.82, 2.24) is 10.2 Å². The minimum Gasteiger partial charge on any atom is -0.487 e. The first kappa shape index (κ1) is 16.2. The summed E-state index contributed by atoms with van der Waals surface area (Å²) in [6, 6.07) is 3.78. The van der Waals surface area contributed by atoms with Gasteiger partial charge in [-0.1, -0.05) is 32.9 Å². The van der Waals surface area contributed by atoms with Gasteiger partial charge in [0.25, 0.3) is 0 Å². The second kappa shape index (κ2) is 6.27. The van der Waals surface area contributed by atoms with Gasteiger partial charge in [0, 0.05) is 5.69 Å². The van der Waals surface area contributed by atoms with Gasteiger partial charge in [0.2, 0.25) is 0 Å². The average molecular weight is 356 g/mol. The Kier molecular flexibility index (Phi) is 4.82. The van der Waals surface area contributed by atoms with Crippen molar-refractivity contribution < 1.29 is 18.4 Å². The molecule has 0 N–H and O–H groups in total. The molecule has 1 aromatic carbocycles. The van der Waals surface area contributed by atoms with E-state index in [1.807, 2.05) is 0 Å². The second-order valence-corrected chi connectivity index (χ2v) is 5.40. The minimum atomic E-state index is -1.39. The zero-order valence-corrected chi connectivity index (χ0v) is 12.9. The molecule has 0 bridgehead atoms. The Morgan fingerprint density at radius 1 is 1.38 bits per heavy atom. The number of hydrogen-bond donors (Lipinski definition) is 0. The third-order valence-corrected chi connectivity index (χ3v) is 3.56. The van der Waals surface area contributed by atoms with Crippen molar-refractivity contribution in [1.29, 1.82) is 0 Å². The molecule has 0 radical (unpaired) electrons. The molecule has 1 heterocycles. The van der Waals surface area contributed by atoms with E-state index in [0.29, 0.717) is 5.01 Å². The van der Waals surface area contributed by atoms with Crippen molar-refractivity contribution in [3.8, 4) is 0 Å². The monoisotopic (exact) mass is 355 g/mol. The molecule has 21 heavy (non-hydrogen) atoms. The SMILES string of the molecule is COC(=S)C1N(c2ccc(F)cc2)C(=O)N(F)N1C(Cl)Cl. The molecule has 0 aromatic heterocycles. The van der Waals surface area contributed by atoms with Gasteiger partial charge in [-0.25, -0.2) is 9.18 Å². The molecule has 1 atom stereocenters. The normalized spacial score (nSPS) is 19.5. The number of hydrazine groups is 1. The summed E-state index contributed by atoms with van der Waals surface area (Å²) in [5, 5.41) is 0.309. The molecule has 0 spiro atoms. The van der Waals surface area contributed by atoms with Gasteiger partial charge in [0.1, 0.15) is 5.82 Å². The number of rotatable bonds is 3. The summed E-state index contributed by atoms with van der Waals surface area (Å²) >= 11 is 16.3. The number of benzene rings is 1. The molecule has 5 nitrogen and oxygen atoms in total. The van der Waals surface area contributed by atoms with E-state index in [4.69, 9.17) is 40.2 Å². The Hall–Kier alpha value is -1.22. The first-order valence-corrected chi connectivity index (χ1v) is 6.85. The van der Waals surface area contributed by atoms with Gasteiger partial charge in [-0.05, 0) is 36.5 Å². The van der Waals surface area contributed by atoms with Gasteiger partial charge in [-0.3, -0.25) is 4.90 Å². The first-order chi connectivity index (χ1) is 9.88. The number of urea groups is 1. The van der Waals surface area contributed by atoms with Crippen molar-refractivity contribution in [3.63, 3.8) is 0 Å². The average Bonchev–Trinajstić information content (AvgIpc) is 2.72. The summed E-state index contributed by atoms with van der Waals surface area (Å²) in [7, 11) is 1.27. The fourth-order valence-corrected chi connectivity index (χ4v) is 2.44. The zero-order chi connectivity index (χ0) is 15.7. The summed E-state index contributed by atoms with van der Waals surface area (Å²) in [5.41, 5.74) is 0.213. The van der Waals surface area contributed by atoms with Crippen molar-refractivity contribution in [2.75, 3.05) is 12.0 Å². The number of nitrogens with zero attached hydrogens (tertiary/aromatic N) is 3. The maximum atomic E-state index is 14.0. The number of anilines is 1. The fraction of sp³-hybridized carbons (Fsp3) is 0.273. The standard InChI is InChI=1S/C11H9Cl2F2N3O2S/c1-20-9(21)8-16(7-4-2-6(14)3-5-7)11(19)18(15)17(8)10(12)13/h2-5,8,10H,1H3. The summed E-state index contributed by atoms with van der Waals surface area (Å²) in [6.07, 6.45) is -1.17. The molecule has 0 saturated carbocycles. The molecule has 1 saturated heterocycles. The highest BCUT2D eigenvalue weighted by Crippen LogP contribution is 2.33. The van der Waals surface area contributed by atoms with E-state index >= 15 is 0 Å². The van der Waals surface area contributed by atoms with Crippen LogP contribution in [0.25, 0.3) is 0 Å². The number of ether oxygens (including phenoxy) is 1. The molecule has 1 aromatic rings. The highest BCUT2D eigenvalue weighted by Gasteiger charge is 2.51. The highest BCUT2D eigenvalue weighted by molar-refractivity contribution is 7.80. The Morgan fingerprint density at radius 3 is 2.43 bits per heavy atom. The number of carbonyl (C=O) groups excluding carboxylic acids is 1. The van der Waals surface area contributed by atoms with Crippen LogP contribution in [0.5, 0.6) is 0 Å². The fourth-order valence-electron chi connectivity index (χ4n) is 1.86. The van der Waals surface area contributed by atoms with Crippen molar-refractivity contribution in [2.24, 2.45) is 0 Å². The van der Waals surface area contributed by atoms with E-state index in [9.17, 15) is 13.7 Å². The number of carbonyl (C=O) groups is 1. The van der Waals surface area contributed by atoms with E-state index in [0.717, 1.165) is 17.0 Å². The van der Waals surface area contributed by atoms with E-state index in [1.165, 1.54) is 19.2 Å². The lowest BCUT2D eigenvalue weighted by atomic mass is 10.2. The van der Waals surface area contributed by atoms with Crippen LogP contribution in [0.3, 0.4) is 0 Å². The lowest BCUT2D eigenvalue weighted by molar-refractivity contribution is -0.102. The summed E-state index contributed by atoms with van der Waals surface area (Å²) in [6.45, 7) is 0. The van der Waals surface area contributed by atoms with E-state index in [2.05, 4.69) is 0 Å². The van der Waals surface area contributed by atoms with Crippen LogP contribution in [-0.4, -0.2) is 39.6 Å². The van der Waals surface area contributed by atoms with Crippen molar-refractivity contribution in [3.05, 3.63) is 30.1 Å². The Labute approximate surface area is 134 Å². The van der Waals surface area contributed by atoms with E-state index in [-0.39, 0.29) is 16.0 Å². The van der Waals surface area contributed by atoms with Gasteiger partial charge in [0.05, 0.1) is 7.11 Å². The summed E-state index contributed by atoms with van der Waals surface area (Å²) in [5.74, 6) is -0.502. The third kappa shape index (κ3) is 2.89. The molecular weight excluding hydrogens is 347 g/mol. The lowest BCUT2D eigenvalue weighted by Crippen LogP contribution is -2.48. The molecule has 114 valence electrons. The molecular formula is C11H9Cl2F2N3O2S. The minimum absolute atomic E-state index is 0.126. The van der Waals surface area contributed by atoms with Crippen molar-refractivity contribution in [2.45, 2.75) is 11.1 Å². The number of alkyl halides is 2. The largest absolute Gasteiger partial charge is 0.487 e. The number of methoxy groups -OCH3 is 1. The molecule has 2 amide bonds. The molecule has 1 aliphatic heterocycles. The number of halogens is 4. The molecule has 0 aliphatic carbocycles. The highest BCUT2D eigenvalue weighted by atomic mass is 35.5. The second-order valence-electron chi connectivity index (χ2n) is 3.94. The molecule has 1 fully saturated rings. The van der Waals surface area contributed by atoms with Crippen LogP contribution < -0.4 is 4.90 Å². The first-order valence-electron chi connectivity index (χ1n) is 5.57. The predicted molar refractivity (Wildman–Crippen MR) is 78.0 cm³/mol. The van der Waals surface area contributed by atoms with Crippen LogP contribution in [0.2, 0.25) is 0 Å². The van der Waals surface area contributed by atoms with Gasteiger partial charge in [-0.2, -0.15) is 0 Å². The van der Waals surface area contributed by atoms with E-state index < -0.39 is 23.0 Å². The molecule has 1 aliphatic rings. The summed E-state index contributed by atoms with van der Waals surface area (Å²) in [4.78, 5) is 11.6. The number of hydrogen-bond acceptors (Lipinski definition) is 4. The maximum absolute atomic E-state index is 14.0. The van der Waals surface area contributed by atoms with Crippen LogP contribution >= 0.6 is 35.4 Å². The van der Waals surface area contributed by atoms with Crippen molar-refractivity contribution >= 4 is 52.2 Å². The smallest absolute Gasteiger partial charge is 0.370 e. The Balaban J connectivity index is 2.48. The third-order valence-electron chi connectivity index (χ3n) is 2.78. The van der Waals surface area contributed by atoms with Crippen LogP contribution in [0.15, 0.2) is 24.3 Å². The Morgan fingerprint density at radius 2 is 1.95 bits per heavy atom. The van der Waals surface area contributed by atoms with E-state index in [1.54, 1.807) is 0 Å². The van der Waals surface area contributed by atoms with Crippen LogP contribution in [0.1, 0.15) is 0 Å². The molecule has 1 unspecified atom stereocenters. The lowest BCUT2D eigenvalue weighted by Gasteiger charge is -2.28. The van der Waals surface area contributed by atoms with Gasteiger partial charge >= 0.3 is 6.03 Å². The van der Waals surface area contributed by atoms with Gasteiger partial charge in [-0.15, -0.1) is 5.01 Å². The Bertz CT molecular complexity index is 561. The quantitative estimate of drug-likeness (QED) is 0.361. The van der Waals surface area contributed by atoms with Crippen LogP contribution in [0.4, 0.5) is 19.4 Å². The molecule has 2 rings (SSSR count). The topological polar surface area (TPSA) is 36.0 Å². The molecule has 10 heteroatoms. The summed E-state index contributed by atoms with van der Waals surface area (Å²) < 4.78 is 31.9. The van der Waals surface area contributed by atoms with Crippen LogP contribution in [0, 0.1) is 5.82 Å². The maximum Gasteiger partial charge on any atom is 0.370 e. The number of amides is 2. The zero-order valence-electron chi connectivity index (χ0n) is 10.5. The number of thiocarbonyl (C=S) groups is 1. The van der Waals surface area contributed by atoms with Gasteiger partial charge < -0.3 is 4.74 Å². The van der Waals surface area contributed by atoms with Gasteiger partial charge in [0.15, 0.2) is 16.2 Å². The predicted octanol–water partition coefficient (Wildman–Crippen LogP) is 3.23. The van der Waals surface area contributed by atoms with Crippen LogP contribution in [-0.2, 0) is 4.74 Å².